The van der Waals surface area contributed by atoms with Crippen molar-refractivity contribution in [2.75, 3.05) is 19.6 Å². The molecule has 0 saturated carbocycles. The van der Waals surface area contributed by atoms with Gasteiger partial charge in [0.1, 0.15) is 0 Å². The van der Waals surface area contributed by atoms with Gasteiger partial charge in [0.2, 0.25) is 0 Å². The number of hydrogen-bond acceptors (Lipinski definition) is 2. The molecule has 6 nitrogen and oxygen atoms in total. The topological polar surface area (TPSA) is 87.9 Å². The minimum absolute atomic E-state index is 0. The van der Waals surface area contributed by atoms with E-state index < -0.39 is 5.97 Å². The van der Waals surface area contributed by atoms with Crippen LogP contribution in [0.4, 0.5) is 0 Å². The van der Waals surface area contributed by atoms with E-state index >= 15 is 0 Å². The largest absolute Gasteiger partial charge is 1.00 e. The second kappa shape index (κ2) is 9.59. The van der Waals surface area contributed by atoms with Gasteiger partial charge in [0.05, 0.1) is 25.1 Å². The normalized spacial score (nSPS) is 14.8. The number of quaternary nitrogens is 1. The van der Waals surface area contributed by atoms with Crippen molar-refractivity contribution >= 4 is 22.8 Å². The number of amides is 1. The van der Waals surface area contributed by atoms with Crippen molar-refractivity contribution in [1.29, 1.82) is 0 Å². The molecule has 1 aliphatic rings. The first-order valence-electron chi connectivity index (χ1n) is 9.04. The molecule has 1 aromatic heterocycles. The second-order valence-corrected chi connectivity index (χ2v) is 6.75. The van der Waals surface area contributed by atoms with Crippen LogP contribution in [-0.4, -0.2) is 41.2 Å². The maximum Gasteiger partial charge on any atom is 0.305 e. The van der Waals surface area contributed by atoms with Crippen molar-refractivity contribution in [2.45, 2.75) is 32.2 Å². The molecular weight excluding hydrogens is 354 g/mol. The SMILES string of the molecule is O=C(O)CCNC(=O)c1cn(CCC2CC[NH2+]CC2)c2ccccc12.[Cl-]. The number of aryl methyl sites for hydroxylation is 1. The predicted molar refractivity (Wildman–Crippen MR) is 95.5 cm³/mol. The summed E-state index contributed by atoms with van der Waals surface area (Å²) in [5.41, 5.74) is 1.69. The van der Waals surface area contributed by atoms with E-state index in [9.17, 15) is 9.59 Å². The Morgan fingerprint density at radius 3 is 2.69 bits per heavy atom. The van der Waals surface area contributed by atoms with Gasteiger partial charge in [-0.2, -0.15) is 0 Å². The highest BCUT2D eigenvalue weighted by molar-refractivity contribution is 6.07. The number of nitrogens with zero attached hydrogens (tertiary/aromatic N) is 1. The van der Waals surface area contributed by atoms with Crippen LogP contribution in [0.1, 0.15) is 36.0 Å². The van der Waals surface area contributed by atoms with Crippen LogP contribution in [0.5, 0.6) is 0 Å². The van der Waals surface area contributed by atoms with E-state index in [1.54, 1.807) is 0 Å². The quantitative estimate of drug-likeness (QED) is 0.531. The highest BCUT2D eigenvalue weighted by Gasteiger charge is 2.18. The zero-order valence-corrected chi connectivity index (χ0v) is 15.5. The Kier molecular flexibility index (Phi) is 7.48. The van der Waals surface area contributed by atoms with E-state index in [0.717, 1.165) is 29.8 Å². The van der Waals surface area contributed by atoms with Crippen molar-refractivity contribution < 1.29 is 32.4 Å². The first-order chi connectivity index (χ1) is 12.1. The number of aromatic nitrogens is 1. The van der Waals surface area contributed by atoms with Gasteiger partial charge in [-0.25, -0.2) is 0 Å². The molecule has 0 unspecified atom stereocenters. The molecule has 0 bridgehead atoms. The van der Waals surface area contributed by atoms with Crippen LogP contribution in [0.25, 0.3) is 10.9 Å². The van der Waals surface area contributed by atoms with E-state index in [4.69, 9.17) is 5.11 Å². The van der Waals surface area contributed by atoms with Crippen LogP contribution >= 0.6 is 0 Å². The molecule has 26 heavy (non-hydrogen) atoms. The van der Waals surface area contributed by atoms with Gasteiger partial charge in [-0.05, 0) is 31.2 Å². The van der Waals surface area contributed by atoms with Gasteiger partial charge in [-0.15, -0.1) is 0 Å². The zero-order chi connectivity index (χ0) is 17.6. The number of aliphatic carboxylic acids is 1. The van der Waals surface area contributed by atoms with Gasteiger partial charge >= 0.3 is 5.97 Å². The van der Waals surface area contributed by atoms with Crippen LogP contribution < -0.4 is 23.0 Å². The van der Waals surface area contributed by atoms with E-state index in [2.05, 4.69) is 15.2 Å². The van der Waals surface area contributed by atoms with Crippen molar-refractivity contribution in [3.05, 3.63) is 36.0 Å². The fourth-order valence-corrected chi connectivity index (χ4v) is 3.60. The van der Waals surface area contributed by atoms with Gasteiger partial charge in [0, 0.05) is 30.2 Å². The number of para-hydroxylation sites is 1. The molecule has 1 saturated heterocycles. The Hall–Kier alpha value is -2.05. The number of nitrogens with one attached hydrogen (secondary N) is 1. The summed E-state index contributed by atoms with van der Waals surface area (Å²) >= 11 is 0. The van der Waals surface area contributed by atoms with E-state index in [0.29, 0.717) is 5.56 Å². The van der Waals surface area contributed by atoms with Crippen LogP contribution in [-0.2, 0) is 11.3 Å². The molecule has 1 fully saturated rings. The highest BCUT2D eigenvalue weighted by atomic mass is 35.5. The fourth-order valence-electron chi connectivity index (χ4n) is 3.60. The van der Waals surface area contributed by atoms with Gasteiger partial charge < -0.3 is 32.7 Å². The molecule has 1 aliphatic heterocycles. The van der Waals surface area contributed by atoms with Crippen molar-refractivity contribution in [3.63, 3.8) is 0 Å². The minimum Gasteiger partial charge on any atom is -1.00 e. The summed E-state index contributed by atoms with van der Waals surface area (Å²) in [6.45, 7) is 3.49. The van der Waals surface area contributed by atoms with Crippen LogP contribution in [0, 0.1) is 5.92 Å². The van der Waals surface area contributed by atoms with Gasteiger partial charge in [-0.3, -0.25) is 9.59 Å². The molecule has 1 amide bonds. The Labute approximate surface area is 159 Å². The summed E-state index contributed by atoms with van der Waals surface area (Å²) in [5.74, 6) is -0.352. The lowest BCUT2D eigenvalue weighted by Crippen LogP contribution is -3.00. The van der Waals surface area contributed by atoms with E-state index in [-0.39, 0.29) is 31.3 Å². The lowest BCUT2D eigenvalue weighted by molar-refractivity contribution is -0.664. The number of carbonyl (C=O) groups excluding carboxylic acids is 1. The zero-order valence-electron chi connectivity index (χ0n) is 14.8. The van der Waals surface area contributed by atoms with Crippen LogP contribution in [0.2, 0.25) is 0 Å². The lowest BCUT2D eigenvalue weighted by Gasteiger charge is -2.20. The smallest absolute Gasteiger partial charge is 0.305 e. The Balaban J connectivity index is 0.00000243. The molecule has 2 heterocycles. The third-order valence-electron chi connectivity index (χ3n) is 4.99. The van der Waals surface area contributed by atoms with Gasteiger partial charge in [-0.1, -0.05) is 18.2 Å². The monoisotopic (exact) mass is 379 g/mol. The third kappa shape index (κ3) is 4.99. The summed E-state index contributed by atoms with van der Waals surface area (Å²) in [7, 11) is 0. The molecule has 142 valence electrons. The number of rotatable bonds is 7. The third-order valence-corrected chi connectivity index (χ3v) is 4.99. The van der Waals surface area contributed by atoms with E-state index in [1.807, 2.05) is 30.5 Å². The molecule has 2 aromatic rings. The molecule has 1 aromatic carbocycles. The first kappa shape index (κ1) is 20.3. The van der Waals surface area contributed by atoms with Gasteiger partial charge in [0.15, 0.2) is 0 Å². The Bertz CT molecular complexity index is 754. The predicted octanol–water partition coefficient (Wildman–Crippen LogP) is -1.79. The Morgan fingerprint density at radius 2 is 1.96 bits per heavy atom. The molecule has 0 atom stereocenters. The lowest BCUT2D eigenvalue weighted by atomic mass is 9.95. The number of piperidine rings is 1. The summed E-state index contributed by atoms with van der Waals surface area (Å²) in [6.07, 6.45) is 5.51. The standard InChI is InChI=1S/C19H25N3O3.ClH/c23-18(24)7-11-21-19(25)16-13-22(17-4-2-1-3-15(16)17)12-8-14-5-9-20-10-6-14;/h1-4,13-14,20H,5-12H2,(H,21,25)(H,23,24);1H. The van der Waals surface area contributed by atoms with E-state index in [1.165, 1.54) is 25.9 Å². The van der Waals surface area contributed by atoms with Crippen molar-refractivity contribution in [1.82, 2.24) is 9.88 Å². The molecule has 0 radical (unpaired) electrons. The van der Waals surface area contributed by atoms with Crippen molar-refractivity contribution in [3.8, 4) is 0 Å². The molecular formula is C19H26ClN3O3. The Morgan fingerprint density at radius 1 is 1.23 bits per heavy atom. The maximum atomic E-state index is 12.4. The number of nitrogens with two attached hydrogens (primary N) is 1. The number of carboxylic acids is 1. The van der Waals surface area contributed by atoms with Crippen molar-refractivity contribution in [2.24, 2.45) is 5.92 Å². The average molecular weight is 380 g/mol. The summed E-state index contributed by atoms with van der Waals surface area (Å²) in [6, 6.07) is 7.91. The molecule has 0 aliphatic carbocycles. The maximum absolute atomic E-state index is 12.4. The first-order valence-corrected chi connectivity index (χ1v) is 9.04. The minimum atomic E-state index is -0.910. The number of hydrogen-bond donors (Lipinski definition) is 3. The summed E-state index contributed by atoms with van der Waals surface area (Å²) < 4.78 is 2.17. The van der Waals surface area contributed by atoms with Gasteiger partial charge in [0.25, 0.3) is 5.91 Å². The number of benzene rings is 1. The number of fused-ring (bicyclic) bond motifs is 1. The van der Waals surface area contributed by atoms with Crippen LogP contribution in [0.3, 0.4) is 0 Å². The second-order valence-electron chi connectivity index (χ2n) is 6.75. The number of halogens is 1. The summed E-state index contributed by atoms with van der Waals surface area (Å²) in [4.78, 5) is 23.0. The fraction of sp³-hybridized carbons (Fsp3) is 0.474. The molecule has 0 spiro atoms. The van der Waals surface area contributed by atoms with Crippen LogP contribution in [0.15, 0.2) is 30.5 Å². The number of carbonyl (C=O) groups is 2. The summed E-state index contributed by atoms with van der Waals surface area (Å²) in [5, 5.41) is 14.7. The molecule has 7 heteroatoms. The average Bonchev–Trinajstić information content (AvgIpc) is 2.99. The highest BCUT2D eigenvalue weighted by Crippen LogP contribution is 2.23. The number of carboxylic acid groups (broad SMARTS) is 1. The molecule has 4 N–H and O–H groups in total. The molecule has 3 rings (SSSR count).